The molecule has 1 aliphatic rings. The van der Waals surface area contributed by atoms with Crippen LogP contribution in [0.15, 0.2) is 78.9 Å². The first-order chi connectivity index (χ1) is 16.6. The molecule has 1 aliphatic heterocycles. The van der Waals surface area contributed by atoms with Gasteiger partial charge in [-0.3, -0.25) is 9.59 Å². The molecule has 34 heavy (non-hydrogen) atoms. The number of hydrogen-bond donors (Lipinski definition) is 1. The van der Waals surface area contributed by atoms with E-state index in [1.807, 2.05) is 61.5 Å². The largest absolute Gasteiger partial charge is 0.378 e. The first-order valence-electron chi connectivity index (χ1n) is 11.3. The first kappa shape index (κ1) is 21.8. The molecule has 170 valence electrons. The molecular weight excluding hydrogens is 426 g/mol. The van der Waals surface area contributed by atoms with Crippen LogP contribution in [0.25, 0.3) is 22.2 Å². The predicted molar refractivity (Wildman–Crippen MR) is 133 cm³/mol. The Morgan fingerprint density at radius 2 is 1.68 bits per heavy atom. The molecular formula is C28H25N3O3. The molecule has 0 saturated carbocycles. The van der Waals surface area contributed by atoms with E-state index in [9.17, 15) is 9.59 Å². The quantitative estimate of drug-likeness (QED) is 0.477. The number of carbonyl (C=O) groups is 2. The third-order valence-corrected chi connectivity index (χ3v) is 5.97. The number of hydrogen-bond acceptors (Lipinski definition) is 4. The molecule has 1 saturated heterocycles. The van der Waals surface area contributed by atoms with E-state index in [4.69, 9.17) is 9.72 Å². The van der Waals surface area contributed by atoms with Gasteiger partial charge >= 0.3 is 0 Å². The summed E-state index contributed by atoms with van der Waals surface area (Å²) < 4.78 is 5.34. The van der Waals surface area contributed by atoms with Gasteiger partial charge in [-0.25, -0.2) is 4.98 Å². The highest BCUT2D eigenvalue weighted by Gasteiger charge is 2.19. The van der Waals surface area contributed by atoms with Gasteiger partial charge in [0.1, 0.15) is 0 Å². The monoisotopic (exact) mass is 451 g/mol. The molecule has 0 atom stereocenters. The fourth-order valence-corrected chi connectivity index (χ4v) is 4.11. The molecule has 1 fully saturated rings. The third kappa shape index (κ3) is 4.54. The van der Waals surface area contributed by atoms with Gasteiger partial charge in [0.2, 0.25) is 0 Å². The summed E-state index contributed by atoms with van der Waals surface area (Å²) >= 11 is 0. The summed E-state index contributed by atoms with van der Waals surface area (Å²) in [4.78, 5) is 32.8. The Hall–Kier alpha value is -4.03. The molecule has 0 aliphatic carbocycles. The van der Waals surface area contributed by atoms with Gasteiger partial charge in [-0.2, -0.15) is 0 Å². The standard InChI is InChI=1S/C28H25N3O3/c1-19-9-11-20(12-10-19)26-18-24(23-7-2-3-8-25(23)30-26)27(32)29-22-6-4-5-21(17-22)28(33)31-13-15-34-16-14-31/h2-12,17-18H,13-16H2,1H3,(H,29,32). The predicted octanol–water partition coefficient (Wildman–Crippen LogP) is 4.93. The second-order valence-electron chi connectivity index (χ2n) is 8.38. The fourth-order valence-electron chi connectivity index (χ4n) is 4.11. The van der Waals surface area contributed by atoms with Gasteiger partial charge in [0.25, 0.3) is 11.8 Å². The van der Waals surface area contributed by atoms with E-state index in [-0.39, 0.29) is 11.8 Å². The minimum Gasteiger partial charge on any atom is -0.378 e. The maximum absolute atomic E-state index is 13.4. The number of benzene rings is 3. The molecule has 2 amide bonds. The number of ether oxygens (including phenoxy) is 1. The van der Waals surface area contributed by atoms with Crippen molar-refractivity contribution in [2.24, 2.45) is 0 Å². The minimum absolute atomic E-state index is 0.0598. The summed E-state index contributed by atoms with van der Waals surface area (Å²) in [7, 11) is 0. The number of nitrogens with zero attached hydrogens (tertiary/aromatic N) is 2. The Balaban J connectivity index is 1.46. The van der Waals surface area contributed by atoms with E-state index in [1.165, 1.54) is 0 Å². The minimum atomic E-state index is -0.247. The zero-order valence-corrected chi connectivity index (χ0v) is 19.0. The highest BCUT2D eigenvalue weighted by atomic mass is 16.5. The number of morpholine rings is 1. The van der Waals surface area contributed by atoms with E-state index >= 15 is 0 Å². The number of aromatic nitrogens is 1. The first-order valence-corrected chi connectivity index (χ1v) is 11.3. The summed E-state index contributed by atoms with van der Waals surface area (Å²) in [6.45, 7) is 4.26. The Bertz CT molecular complexity index is 1360. The smallest absolute Gasteiger partial charge is 0.256 e. The summed E-state index contributed by atoms with van der Waals surface area (Å²) in [5.41, 5.74) is 5.24. The van der Waals surface area contributed by atoms with Crippen molar-refractivity contribution in [1.82, 2.24) is 9.88 Å². The van der Waals surface area contributed by atoms with E-state index in [1.54, 1.807) is 29.2 Å². The highest BCUT2D eigenvalue weighted by molar-refractivity contribution is 6.13. The number of para-hydroxylation sites is 1. The lowest BCUT2D eigenvalue weighted by Gasteiger charge is -2.27. The summed E-state index contributed by atoms with van der Waals surface area (Å²) in [6.07, 6.45) is 0. The molecule has 2 heterocycles. The topological polar surface area (TPSA) is 71.5 Å². The number of carbonyl (C=O) groups excluding carboxylic acids is 2. The van der Waals surface area contributed by atoms with Gasteiger partial charge in [0, 0.05) is 35.3 Å². The zero-order chi connectivity index (χ0) is 23.5. The lowest BCUT2D eigenvalue weighted by Crippen LogP contribution is -2.40. The van der Waals surface area contributed by atoms with Crippen LogP contribution < -0.4 is 5.32 Å². The highest BCUT2D eigenvalue weighted by Crippen LogP contribution is 2.26. The van der Waals surface area contributed by atoms with Crippen molar-refractivity contribution in [3.05, 3.63) is 95.6 Å². The third-order valence-electron chi connectivity index (χ3n) is 5.97. The lowest BCUT2D eigenvalue weighted by atomic mass is 10.0. The molecule has 0 bridgehead atoms. The average Bonchev–Trinajstić information content (AvgIpc) is 2.88. The lowest BCUT2D eigenvalue weighted by molar-refractivity contribution is 0.0303. The molecule has 0 radical (unpaired) electrons. The van der Waals surface area contributed by atoms with Crippen molar-refractivity contribution >= 4 is 28.4 Å². The van der Waals surface area contributed by atoms with Gasteiger partial charge in [-0.15, -0.1) is 0 Å². The van der Waals surface area contributed by atoms with Crippen molar-refractivity contribution in [3.8, 4) is 11.3 Å². The number of pyridine rings is 1. The zero-order valence-electron chi connectivity index (χ0n) is 19.0. The van der Waals surface area contributed by atoms with Crippen LogP contribution in [-0.4, -0.2) is 48.0 Å². The second kappa shape index (κ2) is 9.45. The summed E-state index contributed by atoms with van der Waals surface area (Å²) in [5.74, 6) is -0.307. The maximum Gasteiger partial charge on any atom is 0.256 e. The Labute approximate surface area is 198 Å². The van der Waals surface area contributed by atoms with Crippen LogP contribution in [0.2, 0.25) is 0 Å². The average molecular weight is 452 g/mol. The molecule has 1 N–H and O–H groups in total. The van der Waals surface area contributed by atoms with Crippen LogP contribution in [0.4, 0.5) is 5.69 Å². The van der Waals surface area contributed by atoms with E-state index in [0.717, 1.165) is 27.7 Å². The van der Waals surface area contributed by atoms with Crippen molar-refractivity contribution in [2.45, 2.75) is 6.92 Å². The van der Waals surface area contributed by atoms with Crippen molar-refractivity contribution in [1.29, 1.82) is 0 Å². The number of amides is 2. The van der Waals surface area contributed by atoms with Crippen molar-refractivity contribution in [3.63, 3.8) is 0 Å². The van der Waals surface area contributed by atoms with E-state index in [2.05, 4.69) is 5.32 Å². The van der Waals surface area contributed by atoms with Crippen LogP contribution in [-0.2, 0) is 4.74 Å². The molecule has 6 nitrogen and oxygen atoms in total. The number of anilines is 1. The van der Waals surface area contributed by atoms with Crippen LogP contribution >= 0.6 is 0 Å². The molecule has 6 heteroatoms. The van der Waals surface area contributed by atoms with E-state index in [0.29, 0.717) is 43.1 Å². The number of nitrogens with one attached hydrogen (secondary N) is 1. The Morgan fingerprint density at radius 3 is 2.47 bits per heavy atom. The van der Waals surface area contributed by atoms with Crippen LogP contribution in [0.1, 0.15) is 26.3 Å². The number of rotatable bonds is 4. The molecule has 3 aromatic carbocycles. The van der Waals surface area contributed by atoms with Gasteiger partial charge in [0.15, 0.2) is 0 Å². The summed E-state index contributed by atoms with van der Waals surface area (Å²) in [6, 6.07) is 24.6. The molecule has 0 spiro atoms. The van der Waals surface area contributed by atoms with Crippen LogP contribution in [0, 0.1) is 6.92 Å². The fraction of sp³-hybridized carbons (Fsp3) is 0.179. The molecule has 0 unspecified atom stereocenters. The van der Waals surface area contributed by atoms with Crippen LogP contribution in [0.3, 0.4) is 0 Å². The van der Waals surface area contributed by atoms with Gasteiger partial charge in [0.05, 0.1) is 30.0 Å². The van der Waals surface area contributed by atoms with E-state index < -0.39 is 0 Å². The number of aryl methyl sites for hydroxylation is 1. The molecule has 5 rings (SSSR count). The Kier molecular flexibility index (Phi) is 6.06. The van der Waals surface area contributed by atoms with Gasteiger partial charge in [-0.05, 0) is 37.3 Å². The SMILES string of the molecule is Cc1ccc(-c2cc(C(=O)Nc3cccc(C(=O)N4CCOCC4)c3)c3ccccc3n2)cc1. The molecule has 1 aromatic heterocycles. The summed E-state index contributed by atoms with van der Waals surface area (Å²) in [5, 5.41) is 3.75. The van der Waals surface area contributed by atoms with Crippen molar-refractivity contribution < 1.29 is 14.3 Å². The van der Waals surface area contributed by atoms with Crippen LogP contribution in [0.5, 0.6) is 0 Å². The van der Waals surface area contributed by atoms with Crippen molar-refractivity contribution in [2.75, 3.05) is 31.6 Å². The maximum atomic E-state index is 13.4. The second-order valence-corrected chi connectivity index (χ2v) is 8.38. The number of fused-ring (bicyclic) bond motifs is 1. The normalized spacial score (nSPS) is 13.6. The van der Waals surface area contributed by atoms with Gasteiger partial charge < -0.3 is 15.0 Å². The Morgan fingerprint density at radius 1 is 0.912 bits per heavy atom. The van der Waals surface area contributed by atoms with Gasteiger partial charge in [-0.1, -0.05) is 54.1 Å². The molecule has 4 aromatic rings.